The Morgan fingerprint density at radius 2 is 2.08 bits per heavy atom. The number of aryl methyl sites for hydroxylation is 2. The summed E-state index contributed by atoms with van der Waals surface area (Å²) in [5.41, 5.74) is 3.68. The summed E-state index contributed by atoms with van der Waals surface area (Å²) < 4.78 is 7.30. The average Bonchev–Trinajstić information content (AvgIpc) is 3.01. The fourth-order valence-electron chi connectivity index (χ4n) is 2.43. The normalized spacial score (nSPS) is 10.5. The van der Waals surface area contributed by atoms with Gasteiger partial charge in [0.2, 0.25) is 0 Å². The summed E-state index contributed by atoms with van der Waals surface area (Å²) in [7, 11) is 1.85. The van der Waals surface area contributed by atoms with Crippen molar-refractivity contribution in [2.45, 2.75) is 13.5 Å². The largest absolute Gasteiger partial charge is 0.484 e. The number of nitrogens with zero attached hydrogens (tertiary/aromatic N) is 3. The van der Waals surface area contributed by atoms with Crippen LogP contribution >= 0.6 is 0 Å². The predicted molar refractivity (Wildman–Crippen MR) is 95.0 cm³/mol. The minimum absolute atomic E-state index is 0.0157. The van der Waals surface area contributed by atoms with Crippen LogP contribution in [0.3, 0.4) is 0 Å². The predicted octanol–water partition coefficient (Wildman–Crippen LogP) is 2.49. The number of ether oxygens (including phenoxy) is 1. The van der Waals surface area contributed by atoms with Crippen molar-refractivity contribution in [1.29, 1.82) is 0 Å². The van der Waals surface area contributed by atoms with Gasteiger partial charge in [0, 0.05) is 25.0 Å². The number of rotatable bonds is 6. The first-order valence-electron chi connectivity index (χ1n) is 8.02. The van der Waals surface area contributed by atoms with Gasteiger partial charge in [-0.15, -0.1) is 0 Å². The van der Waals surface area contributed by atoms with Gasteiger partial charge >= 0.3 is 0 Å². The van der Waals surface area contributed by atoms with Crippen LogP contribution in [-0.2, 0) is 18.4 Å². The molecule has 0 unspecified atom stereocenters. The monoisotopic (exact) mass is 336 g/mol. The van der Waals surface area contributed by atoms with E-state index in [0.29, 0.717) is 6.54 Å². The van der Waals surface area contributed by atoms with E-state index in [9.17, 15) is 4.79 Å². The van der Waals surface area contributed by atoms with Crippen molar-refractivity contribution < 1.29 is 9.53 Å². The van der Waals surface area contributed by atoms with Gasteiger partial charge in [0.05, 0.1) is 17.9 Å². The number of pyridine rings is 1. The quantitative estimate of drug-likeness (QED) is 0.751. The maximum atomic E-state index is 12.0. The number of amides is 1. The lowest BCUT2D eigenvalue weighted by Gasteiger charge is -2.09. The molecule has 25 heavy (non-hydrogen) atoms. The van der Waals surface area contributed by atoms with Crippen molar-refractivity contribution in [3.63, 3.8) is 0 Å². The maximum Gasteiger partial charge on any atom is 0.258 e. The molecule has 128 valence electrons. The second kappa shape index (κ2) is 7.61. The minimum Gasteiger partial charge on any atom is -0.484 e. The highest BCUT2D eigenvalue weighted by atomic mass is 16.5. The fraction of sp³-hybridized carbons (Fsp3) is 0.211. The Morgan fingerprint density at radius 3 is 2.84 bits per heavy atom. The molecule has 0 fully saturated rings. The van der Waals surface area contributed by atoms with E-state index >= 15 is 0 Å². The van der Waals surface area contributed by atoms with Crippen LogP contribution in [0.25, 0.3) is 11.3 Å². The number of carbonyl (C=O) groups excluding carboxylic acids is 1. The number of aromatic nitrogens is 3. The zero-order valence-electron chi connectivity index (χ0n) is 14.3. The number of benzene rings is 1. The van der Waals surface area contributed by atoms with Crippen LogP contribution in [0.5, 0.6) is 5.75 Å². The van der Waals surface area contributed by atoms with E-state index in [0.717, 1.165) is 28.3 Å². The van der Waals surface area contributed by atoms with E-state index < -0.39 is 0 Å². The van der Waals surface area contributed by atoms with Crippen LogP contribution in [0, 0.1) is 6.92 Å². The third kappa shape index (κ3) is 4.23. The van der Waals surface area contributed by atoms with Gasteiger partial charge in [0.15, 0.2) is 6.61 Å². The SMILES string of the molecule is Cc1ccccc1OCC(=O)NCc1cc(-c2cccnc2)nn1C. The van der Waals surface area contributed by atoms with Crippen LogP contribution in [-0.4, -0.2) is 27.3 Å². The van der Waals surface area contributed by atoms with Gasteiger partial charge in [-0.2, -0.15) is 5.10 Å². The van der Waals surface area contributed by atoms with Crippen molar-refractivity contribution in [2.24, 2.45) is 7.05 Å². The first kappa shape index (κ1) is 16.7. The van der Waals surface area contributed by atoms with E-state index in [-0.39, 0.29) is 12.5 Å². The summed E-state index contributed by atoms with van der Waals surface area (Å²) >= 11 is 0. The molecule has 6 nitrogen and oxygen atoms in total. The first-order chi connectivity index (χ1) is 12.1. The second-order valence-electron chi connectivity index (χ2n) is 5.72. The molecule has 0 saturated carbocycles. The Kier molecular flexibility index (Phi) is 5.09. The van der Waals surface area contributed by atoms with Gasteiger partial charge in [-0.1, -0.05) is 18.2 Å². The molecule has 0 aliphatic heterocycles. The van der Waals surface area contributed by atoms with Crippen LogP contribution in [0.1, 0.15) is 11.3 Å². The summed E-state index contributed by atoms with van der Waals surface area (Å²) in [5, 5.41) is 7.31. The van der Waals surface area contributed by atoms with Crippen molar-refractivity contribution in [1.82, 2.24) is 20.1 Å². The first-order valence-corrected chi connectivity index (χ1v) is 8.02. The zero-order chi connectivity index (χ0) is 17.6. The molecule has 6 heteroatoms. The number of hydrogen-bond donors (Lipinski definition) is 1. The molecule has 1 aromatic carbocycles. The molecule has 0 radical (unpaired) electrons. The highest BCUT2D eigenvalue weighted by molar-refractivity contribution is 5.77. The molecular weight excluding hydrogens is 316 g/mol. The molecule has 3 aromatic rings. The summed E-state index contributed by atoms with van der Waals surface area (Å²) in [6.45, 7) is 2.32. The number of hydrogen-bond acceptors (Lipinski definition) is 4. The van der Waals surface area contributed by atoms with Crippen molar-refractivity contribution in [3.8, 4) is 17.0 Å². The van der Waals surface area contributed by atoms with Crippen molar-refractivity contribution in [3.05, 3.63) is 66.1 Å². The zero-order valence-corrected chi connectivity index (χ0v) is 14.3. The van der Waals surface area contributed by atoms with Gasteiger partial charge in [-0.3, -0.25) is 14.5 Å². The number of carbonyl (C=O) groups is 1. The van der Waals surface area contributed by atoms with Gasteiger partial charge in [0.1, 0.15) is 5.75 Å². The minimum atomic E-state index is -0.174. The van der Waals surface area contributed by atoms with E-state index in [4.69, 9.17) is 4.74 Å². The lowest BCUT2D eigenvalue weighted by Crippen LogP contribution is -2.29. The topological polar surface area (TPSA) is 69.0 Å². The average molecular weight is 336 g/mol. The van der Waals surface area contributed by atoms with E-state index in [1.54, 1.807) is 17.1 Å². The molecule has 0 aliphatic carbocycles. The van der Waals surface area contributed by atoms with Crippen LogP contribution < -0.4 is 10.1 Å². The summed E-state index contributed by atoms with van der Waals surface area (Å²) in [4.78, 5) is 16.1. The number of para-hydroxylation sites is 1. The molecule has 0 spiro atoms. The third-order valence-corrected chi connectivity index (χ3v) is 3.85. The Labute approximate surface area is 146 Å². The maximum absolute atomic E-state index is 12.0. The Bertz CT molecular complexity index is 859. The third-order valence-electron chi connectivity index (χ3n) is 3.85. The van der Waals surface area contributed by atoms with Gasteiger partial charge < -0.3 is 10.1 Å². The standard InChI is InChI=1S/C19H20N4O2/c1-14-6-3-4-8-18(14)25-13-19(24)21-12-16-10-17(22-23(16)2)15-7-5-9-20-11-15/h3-11H,12-13H2,1-2H3,(H,21,24). The Morgan fingerprint density at radius 1 is 1.24 bits per heavy atom. The molecule has 1 amide bonds. The summed E-state index contributed by atoms with van der Waals surface area (Å²) in [6, 6.07) is 13.4. The lowest BCUT2D eigenvalue weighted by molar-refractivity contribution is -0.123. The molecule has 1 N–H and O–H groups in total. The highest BCUT2D eigenvalue weighted by Gasteiger charge is 2.09. The molecule has 2 heterocycles. The second-order valence-corrected chi connectivity index (χ2v) is 5.72. The van der Waals surface area contributed by atoms with Gasteiger partial charge in [-0.05, 0) is 36.8 Å². The van der Waals surface area contributed by atoms with Crippen LogP contribution in [0.15, 0.2) is 54.9 Å². The number of nitrogens with one attached hydrogen (secondary N) is 1. The van der Waals surface area contributed by atoms with Gasteiger partial charge in [-0.25, -0.2) is 0 Å². The molecule has 0 bridgehead atoms. The highest BCUT2D eigenvalue weighted by Crippen LogP contribution is 2.17. The van der Waals surface area contributed by atoms with E-state index in [2.05, 4.69) is 15.4 Å². The molecule has 0 atom stereocenters. The smallest absolute Gasteiger partial charge is 0.258 e. The van der Waals surface area contributed by atoms with E-state index in [1.165, 1.54) is 0 Å². The molecular formula is C19H20N4O2. The van der Waals surface area contributed by atoms with E-state index in [1.807, 2.05) is 56.4 Å². The van der Waals surface area contributed by atoms with Crippen molar-refractivity contribution in [2.75, 3.05) is 6.61 Å². The lowest BCUT2D eigenvalue weighted by atomic mass is 10.2. The van der Waals surface area contributed by atoms with Gasteiger partial charge in [0.25, 0.3) is 5.91 Å². The Balaban J connectivity index is 1.56. The summed E-state index contributed by atoms with van der Waals surface area (Å²) in [5.74, 6) is 0.546. The molecule has 0 saturated heterocycles. The fourth-order valence-corrected chi connectivity index (χ4v) is 2.43. The van der Waals surface area contributed by atoms with Crippen molar-refractivity contribution >= 4 is 5.91 Å². The summed E-state index contributed by atoms with van der Waals surface area (Å²) in [6.07, 6.45) is 3.49. The van der Waals surface area contributed by atoms with Crippen LogP contribution in [0.2, 0.25) is 0 Å². The Hall–Kier alpha value is -3.15. The molecule has 3 rings (SSSR count). The molecule has 2 aromatic heterocycles. The molecule has 0 aliphatic rings. The van der Waals surface area contributed by atoms with Crippen LogP contribution in [0.4, 0.5) is 0 Å².